The Morgan fingerprint density at radius 2 is 1.89 bits per heavy atom. The summed E-state index contributed by atoms with van der Waals surface area (Å²) in [5, 5.41) is 11.4. The molecule has 0 aliphatic carbocycles. The zero-order valence-corrected chi connectivity index (χ0v) is 11.2. The Morgan fingerprint density at radius 1 is 1.32 bits per heavy atom. The van der Waals surface area contributed by atoms with Crippen LogP contribution in [0.15, 0.2) is 24.3 Å². The average Bonchev–Trinajstić information content (AvgIpc) is 2.36. The first-order valence-electron chi connectivity index (χ1n) is 6.28. The highest BCUT2D eigenvalue weighted by atomic mass is 16.4. The molecule has 0 fully saturated rings. The van der Waals surface area contributed by atoms with Gasteiger partial charge in [0.2, 0.25) is 5.91 Å². The Balaban J connectivity index is 2.69. The molecule has 1 rings (SSSR count). The lowest BCUT2D eigenvalue weighted by Gasteiger charge is -2.19. The van der Waals surface area contributed by atoms with Gasteiger partial charge in [-0.2, -0.15) is 0 Å². The Hall–Kier alpha value is -1.88. The summed E-state index contributed by atoms with van der Waals surface area (Å²) < 4.78 is 0. The third kappa shape index (κ3) is 4.71. The van der Waals surface area contributed by atoms with Crippen molar-refractivity contribution in [2.45, 2.75) is 38.8 Å². The molecule has 1 aromatic carbocycles. The second-order valence-electron chi connectivity index (χ2n) is 4.58. The largest absolute Gasteiger partial charge is 0.481 e. The van der Waals surface area contributed by atoms with E-state index in [1.807, 2.05) is 38.1 Å². The number of benzene rings is 1. The van der Waals surface area contributed by atoms with Gasteiger partial charge in [-0.1, -0.05) is 36.8 Å². The number of nitrogens with two attached hydrogens (primary N) is 1. The van der Waals surface area contributed by atoms with E-state index in [9.17, 15) is 9.59 Å². The van der Waals surface area contributed by atoms with E-state index in [2.05, 4.69) is 5.32 Å². The minimum atomic E-state index is -1.08. The maximum atomic E-state index is 11.8. The van der Waals surface area contributed by atoms with Crippen molar-refractivity contribution >= 4 is 11.9 Å². The lowest BCUT2D eigenvalue weighted by molar-refractivity contribution is -0.139. The van der Waals surface area contributed by atoms with Crippen molar-refractivity contribution in [2.24, 2.45) is 5.73 Å². The molecule has 2 unspecified atom stereocenters. The molecule has 5 heteroatoms. The SMILES string of the molecule is CCC(NC(=O)C(N)CC(=O)O)c1ccc(C)cc1. The third-order valence-electron chi connectivity index (χ3n) is 2.94. The predicted octanol–water partition coefficient (Wildman–Crippen LogP) is 1.36. The number of carboxylic acid groups (broad SMARTS) is 1. The summed E-state index contributed by atoms with van der Waals surface area (Å²) in [6.07, 6.45) is 0.352. The van der Waals surface area contributed by atoms with Gasteiger partial charge in [0.1, 0.15) is 0 Å². The summed E-state index contributed by atoms with van der Waals surface area (Å²) in [5.41, 5.74) is 7.67. The molecule has 0 heterocycles. The van der Waals surface area contributed by atoms with Gasteiger partial charge in [0, 0.05) is 0 Å². The number of aryl methyl sites for hydroxylation is 1. The van der Waals surface area contributed by atoms with Crippen LogP contribution in [0.5, 0.6) is 0 Å². The van der Waals surface area contributed by atoms with E-state index in [-0.39, 0.29) is 12.5 Å². The van der Waals surface area contributed by atoms with Crippen LogP contribution < -0.4 is 11.1 Å². The number of hydrogen-bond acceptors (Lipinski definition) is 3. The van der Waals surface area contributed by atoms with Crippen LogP contribution in [0, 0.1) is 6.92 Å². The van der Waals surface area contributed by atoms with Crippen LogP contribution in [0.2, 0.25) is 0 Å². The van der Waals surface area contributed by atoms with Crippen molar-refractivity contribution in [1.29, 1.82) is 0 Å². The molecule has 0 aromatic heterocycles. The van der Waals surface area contributed by atoms with Gasteiger partial charge in [-0.3, -0.25) is 9.59 Å². The molecule has 2 atom stereocenters. The number of carbonyl (C=O) groups excluding carboxylic acids is 1. The van der Waals surface area contributed by atoms with E-state index in [1.54, 1.807) is 0 Å². The lowest BCUT2D eigenvalue weighted by atomic mass is 10.0. The number of nitrogens with one attached hydrogen (secondary N) is 1. The van der Waals surface area contributed by atoms with Crippen molar-refractivity contribution in [3.05, 3.63) is 35.4 Å². The standard InChI is InChI=1S/C14H20N2O3/c1-3-12(10-6-4-9(2)5-7-10)16-14(19)11(15)8-13(17)18/h4-7,11-12H,3,8,15H2,1-2H3,(H,16,19)(H,17,18). The topological polar surface area (TPSA) is 92.4 Å². The van der Waals surface area contributed by atoms with Crippen molar-refractivity contribution in [3.8, 4) is 0 Å². The second kappa shape index (κ2) is 6.89. The van der Waals surface area contributed by atoms with Crippen LogP contribution in [0.25, 0.3) is 0 Å². The van der Waals surface area contributed by atoms with Crippen LogP contribution in [-0.2, 0) is 9.59 Å². The van der Waals surface area contributed by atoms with E-state index in [0.717, 1.165) is 11.1 Å². The van der Waals surface area contributed by atoms with Crippen molar-refractivity contribution < 1.29 is 14.7 Å². The minimum absolute atomic E-state index is 0.145. The number of aliphatic carboxylic acids is 1. The van der Waals surface area contributed by atoms with E-state index in [4.69, 9.17) is 10.8 Å². The monoisotopic (exact) mass is 264 g/mol. The molecule has 0 aliphatic heterocycles. The molecule has 0 saturated heterocycles. The number of rotatable bonds is 6. The number of carbonyl (C=O) groups is 2. The maximum Gasteiger partial charge on any atom is 0.305 e. The molecule has 0 bridgehead atoms. The van der Waals surface area contributed by atoms with Gasteiger partial charge in [0.05, 0.1) is 18.5 Å². The Kier molecular flexibility index (Phi) is 5.51. The fourth-order valence-corrected chi connectivity index (χ4v) is 1.78. The van der Waals surface area contributed by atoms with Gasteiger partial charge in [-0.15, -0.1) is 0 Å². The molecule has 4 N–H and O–H groups in total. The molecule has 1 amide bonds. The molecular formula is C14H20N2O3. The van der Waals surface area contributed by atoms with Crippen LogP contribution in [-0.4, -0.2) is 23.0 Å². The number of carboxylic acids is 1. The molecule has 5 nitrogen and oxygen atoms in total. The van der Waals surface area contributed by atoms with E-state index < -0.39 is 17.9 Å². The minimum Gasteiger partial charge on any atom is -0.481 e. The first-order valence-corrected chi connectivity index (χ1v) is 6.28. The highest BCUT2D eigenvalue weighted by Crippen LogP contribution is 2.17. The van der Waals surface area contributed by atoms with Crippen LogP contribution >= 0.6 is 0 Å². The smallest absolute Gasteiger partial charge is 0.305 e. The zero-order valence-electron chi connectivity index (χ0n) is 11.2. The molecule has 0 saturated carbocycles. The van der Waals surface area contributed by atoms with E-state index >= 15 is 0 Å². The van der Waals surface area contributed by atoms with Gasteiger partial charge in [0.25, 0.3) is 0 Å². The molecule has 0 spiro atoms. The maximum absolute atomic E-state index is 11.8. The Morgan fingerprint density at radius 3 is 2.37 bits per heavy atom. The van der Waals surface area contributed by atoms with Crippen molar-refractivity contribution in [3.63, 3.8) is 0 Å². The summed E-state index contributed by atoms with van der Waals surface area (Å²) >= 11 is 0. The van der Waals surface area contributed by atoms with Crippen molar-refractivity contribution in [1.82, 2.24) is 5.32 Å². The van der Waals surface area contributed by atoms with Gasteiger partial charge >= 0.3 is 5.97 Å². The van der Waals surface area contributed by atoms with Gasteiger partial charge in [-0.25, -0.2) is 0 Å². The fraction of sp³-hybridized carbons (Fsp3) is 0.429. The molecule has 1 aromatic rings. The molecule has 0 aliphatic rings. The highest BCUT2D eigenvalue weighted by molar-refractivity contribution is 5.86. The quantitative estimate of drug-likeness (QED) is 0.723. The second-order valence-corrected chi connectivity index (χ2v) is 4.58. The van der Waals surface area contributed by atoms with E-state index in [1.165, 1.54) is 0 Å². The number of hydrogen-bond donors (Lipinski definition) is 3. The van der Waals surface area contributed by atoms with E-state index in [0.29, 0.717) is 6.42 Å². The first kappa shape index (κ1) is 15.2. The van der Waals surface area contributed by atoms with Gasteiger partial charge < -0.3 is 16.2 Å². The van der Waals surface area contributed by atoms with Crippen LogP contribution in [0.4, 0.5) is 0 Å². The summed E-state index contributed by atoms with van der Waals surface area (Å²) in [4.78, 5) is 22.3. The molecule has 0 radical (unpaired) electrons. The third-order valence-corrected chi connectivity index (χ3v) is 2.94. The summed E-state index contributed by atoms with van der Waals surface area (Å²) in [6.45, 7) is 3.94. The zero-order chi connectivity index (χ0) is 14.4. The van der Waals surface area contributed by atoms with Crippen molar-refractivity contribution in [2.75, 3.05) is 0 Å². The summed E-state index contributed by atoms with van der Waals surface area (Å²) in [5.74, 6) is -1.51. The lowest BCUT2D eigenvalue weighted by Crippen LogP contribution is -2.43. The van der Waals surface area contributed by atoms with Crippen LogP contribution in [0.1, 0.15) is 36.9 Å². The van der Waals surface area contributed by atoms with Gasteiger partial charge in [0.15, 0.2) is 0 Å². The molecular weight excluding hydrogens is 244 g/mol. The predicted molar refractivity (Wildman–Crippen MR) is 72.6 cm³/mol. The Bertz CT molecular complexity index is 443. The molecule has 19 heavy (non-hydrogen) atoms. The summed E-state index contributed by atoms with van der Waals surface area (Å²) in [7, 11) is 0. The van der Waals surface area contributed by atoms with Crippen LogP contribution in [0.3, 0.4) is 0 Å². The normalized spacial score (nSPS) is 13.6. The molecule has 104 valence electrons. The first-order chi connectivity index (χ1) is 8.93. The Labute approximate surface area is 112 Å². The highest BCUT2D eigenvalue weighted by Gasteiger charge is 2.20. The number of amides is 1. The average molecular weight is 264 g/mol. The fourth-order valence-electron chi connectivity index (χ4n) is 1.78. The van der Waals surface area contributed by atoms with Gasteiger partial charge in [-0.05, 0) is 18.9 Å². The summed E-state index contributed by atoms with van der Waals surface area (Å²) in [6, 6.07) is 6.69.